The third-order valence-corrected chi connectivity index (χ3v) is 4.08. The third kappa shape index (κ3) is 4.37. The lowest BCUT2D eigenvalue weighted by atomic mass is 9.92. The standard InChI is InChI=1S/C15H21ClN2O.ClH/c1-11-9-12(7-8-17-11)15(19)18(2)10-13-5-3-4-6-14(13)16;/h3-6,11-12,17H,7-10H2,1-2H3;1H/t11-,12-;/m0./s1. The van der Waals surface area contributed by atoms with Crippen molar-refractivity contribution in [1.29, 1.82) is 0 Å². The summed E-state index contributed by atoms with van der Waals surface area (Å²) in [5.74, 6) is 0.372. The van der Waals surface area contributed by atoms with Crippen LogP contribution in [0, 0.1) is 5.92 Å². The first-order valence-corrected chi connectivity index (χ1v) is 7.17. The molecule has 1 aliphatic heterocycles. The summed E-state index contributed by atoms with van der Waals surface area (Å²) in [5, 5.41) is 4.10. The van der Waals surface area contributed by atoms with E-state index < -0.39 is 0 Å². The predicted molar refractivity (Wildman–Crippen MR) is 85.4 cm³/mol. The second-order valence-electron chi connectivity index (χ2n) is 5.36. The maximum absolute atomic E-state index is 12.4. The zero-order valence-corrected chi connectivity index (χ0v) is 13.5. The maximum atomic E-state index is 12.4. The summed E-state index contributed by atoms with van der Waals surface area (Å²) < 4.78 is 0. The molecule has 0 aromatic heterocycles. The van der Waals surface area contributed by atoms with Crippen LogP contribution in [0.4, 0.5) is 0 Å². The van der Waals surface area contributed by atoms with Gasteiger partial charge in [-0.2, -0.15) is 0 Å². The molecule has 3 nitrogen and oxygen atoms in total. The van der Waals surface area contributed by atoms with Gasteiger partial charge in [0.05, 0.1) is 0 Å². The summed E-state index contributed by atoms with van der Waals surface area (Å²) in [7, 11) is 1.86. The van der Waals surface area contributed by atoms with E-state index in [1.807, 2.05) is 31.3 Å². The van der Waals surface area contributed by atoms with Crippen molar-refractivity contribution < 1.29 is 4.79 Å². The SMILES string of the molecule is C[C@H]1C[C@@H](C(=O)N(C)Cc2ccccc2Cl)CCN1.Cl. The van der Waals surface area contributed by atoms with Crippen molar-refractivity contribution >= 4 is 29.9 Å². The van der Waals surface area contributed by atoms with Gasteiger partial charge in [-0.25, -0.2) is 0 Å². The number of carbonyl (C=O) groups is 1. The van der Waals surface area contributed by atoms with Crippen LogP contribution in [-0.4, -0.2) is 30.4 Å². The van der Waals surface area contributed by atoms with E-state index in [9.17, 15) is 4.79 Å². The van der Waals surface area contributed by atoms with Crippen molar-refractivity contribution in [2.45, 2.75) is 32.4 Å². The Morgan fingerprint density at radius 3 is 2.80 bits per heavy atom. The van der Waals surface area contributed by atoms with Gasteiger partial charge >= 0.3 is 0 Å². The number of amides is 1. The quantitative estimate of drug-likeness (QED) is 0.929. The van der Waals surface area contributed by atoms with Gasteiger partial charge in [-0.3, -0.25) is 4.79 Å². The van der Waals surface area contributed by atoms with Crippen LogP contribution < -0.4 is 5.32 Å². The van der Waals surface area contributed by atoms with Gasteiger partial charge in [-0.1, -0.05) is 29.8 Å². The minimum Gasteiger partial charge on any atom is -0.341 e. The van der Waals surface area contributed by atoms with Gasteiger partial charge in [-0.15, -0.1) is 12.4 Å². The fraction of sp³-hybridized carbons (Fsp3) is 0.533. The molecule has 0 bridgehead atoms. The van der Waals surface area contributed by atoms with Crippen molar-refractivity contribution in [3.8, 4) is 0 Å². The molecule has 1 aromatic carbocycles. The topological polar surface area (TPSA) is 32.3 Å². The van der Waals surface area contributed by atoms with E-state index in [0.717, 1.165) is 30.0 Å². The Balaban J connectivity index is 0.00000200. The molecule has 1 saturated heterocycles. The van der Waals surface area contributed by atoms with Gasteiger partial charge in [0.25, 0.3) is 0 Å². The Labute approximate surface area is 132 Å². The first kappa shape index (κ1) is 17.3. The number of benzene rings is 1. The Morgan fingerprint density at radius 1 is 1.45 bits per heavy atom. The summed E-state index contributed by atoms with van der Waals surface area (Å²) in [4.78, 5) is 14.2. The average Bonchev–Trinajstić information content (AvgIpc) is 2.40. The van der Waals surface area contributed by atoms with Crippen LogP contribution in [-0.2, 0) is 11.3 Å². The van der Waals surface area contributed by atoms with Crippen molar-refractivity contribution in [1.82, 2.24) is 10.2 Å². The molecule has 0 spiro atoms. The molecule has 1 aliphatic rings. The highest BCUT2D eigenvalue weighted by atomic mass is 35.5. The van der Waals surface area contributed by atoms with Gasteiger partial charge in [-0.05, 0) is 37.9 Å². The van der Waals surface area contributed by atoms with Gasteiger partial charge < -0.3 is 10.2 Å². The van der Waals surface area contributed by atoms with Crippen LogP contribution in [0.15, 0.2) is 24.3 Å². The molecule has 2 atom stereocenters. The maximum Gasteiger partial charge on any atom is 0.225 e. The van der Waals surface area contributed by atoms with Gasteiger partial charge in [0.15, 0.2) is 0 Å². The zero-order valence-electron chi connectivity index (χ0n) is 11.9. The van der Waals surface area contributed by atoms with Crippen molar-refractivity contribution in [3.63, 3.8) is 0 Å². The smallest absolute Gasteiger partial charge is 0.225 e. The van der Waals surface area contributed by atoms with E-state index in [4.69, 9.17) is 11.6 Å². The summed E-state index contributed by atoms with van der Waals surface area (Å²) in [6.07, 6.45) is 1.85. The number of nitrogens with one attached hydrogen (secondary N) is 1. The molecule has 1 heterocycles. The summed E-state index contributed by atoms with van der Waals surface area (Å²) in [6.45, 7) is 3.64. The molecule has 2 rings (SSSR count). The second-order valence-corrected chi connectivity index (χ2v) is 5.77. The van der Waals surface area contributed by atoms with E-state index >= 15 is 0 Å². The molecule has 0 saturated carbocycles. The normalized spacial score (nSPS) is 21.9. The molecule has 5 heteroatoms. The minimum atomic E-state index is 0. The number of hydrogen-bond acceptors (Lipinski definition) is 2. The van der Waals surface area contributed by atoms with Crippen LogP contribution in [0.5, 0.6) is 0 Å². The number of piperidine rings is 1. The largest absolute Gasteiger partial charge is 0.341 e. The lowest BCUT2D eigenvalue weighted by Crippen LogP contribution is -2.42. The Bertz CT molecular complexity index is 453. The molecule has 1 amide bonds. The van der Waals surface area contributed by atoms with Crippen molar-refractivity contribution in [2.24, 2.45) is 5.92 Å². The molecule has 1 aromatic rings. The highest BCUT2D eigenvalue weighted by molar-refractivity contribution is 6.31. The van der Waals surface area contributed by atoms with Crippen molar-refractivity contribution in [2.75, 3.05) is 13.6 Å². The molecule has 0 aliphatic carbocycles. The number of halogens is 2. The molecule has 20 heavy (non-hydrogen) atoms. The predicted octanol–water partition coefficient (Wildman–Crippen LogP) is 3.11. The monoisotopic (exact) mass is 316 g/mol. The Hall–Kier alpha value is -0.770. The minimum absolute atomic E-state index is 0. The van der Waals surface area contributed by atoms with Gasteiger partial charge in [0.2, 0.25) is 5.91 Å². The van der Waals surface area contributed by atoms with Crippen molar-refractivity contribution in [3.05, 3.63) is 34.9 Å². The van der Waals surface area contributed by atoms with E-state index in [2.05, 4.69) is 12.2 Å². The fourth-order valence-corrected chi connectivity index (χ4v) is 2.82. The molecule has 1 fully saturated rings. The summed E-state index contributed by atoms with van der Waals surface area (Å²) in [6, 6.07) is 8.11. The first-order valence-electron chi connectivity index (χ1n) is 6.79. The number of nitrogens with zero attached hydrogens (tertiary/aromatic N) is 1. The van der Waals surface area contributed by atoms with Gasteiger partial charge in [0, 0.05) is 30.6 Å². The van der Waals surface area contributed by atoms with E-state index in [0.29, 0.717) is 12.6 Å². The van der Waals surface area contributed by atoms with Gasteiger partial charge in [0.1, 0.15) is 0 Å². The van der Waals surface area contributed by atoms with E-state index in [-0.39, 0.29) is 24.2 Å². The zero-order chi connectivity index (χ0) is 13.8. The highest BCUT2D eigenvalue weighted by Gasteiger charge is 2.27. The summed E-state index contributed by atoms with van der Waals surface area (Å²) in [5.41, 5.74) is 1.00. The van der Waals surface area contributed by atoms with Crippen LogP contribution in [0.25, 0.3) is 0 Å². The summed E-state index contributed by atoms with van der Waals surface area (Å²) >= 11 is 6.13. The van der Waals surface area contributed by atoms with E-state index in [1.54, 1.807) is 4.90 Å². The number of hydrogen-bond donors (Lipinski definition) is 1. The molecular formula is C15H22Cl2N2O. The number of carbonyl (C=O) groups excluding carboxylic acids is 1. The Morgan fingerprint density at radius 2 is 2.15 bits per heavy atom. The Kier molecular flexibility index (Phi) is 6.80. The fourth-order valence-electron chi connectivity index (χ4n) is 2.63. The second kappa shape index (κ2) is 7.87. The molecule has 1 N–H and O–H groups in total. The van der Waals surface area contributed by atoms with Crippen LogP contribution in [0.2, 0.25) is 5.02 Å². The lowest BCUT2D eigenvalue weighted by molar-refractivity contribution is -0.135. The molecule has 112 valence electrons. The molecular weight excluding hydrogens is 295 g/mol. The highest BCUT2D eigenvalue weighted by Crippen LogP contribution is 2.21. The average molecular weight is 317 g/mol. The molecule has 0 radical (unpaired) electrons. The van der Waals surface area contributed by atoms with Crippen LogP contribution in [0.3, 0.4) is 0 Å². The van der Waals surface area contributed by atoms with E-state index in [1.165, 1.54) is 0 Å². The lowest BCUT2D eigenvalue weighted by Gasteiger charge is -2.30. The number of rotatable bonds is 3. The first-order chi connectivity index (χ1) is 9.08. The van der Waals surface area contributed by atoms with Crippen LogP contribution >= 0.6 is 24.0 Å². The van der Waals surface area contributed by atoms with Crippen LogP contribution in [0.1, 0.15) is 25.3 Å². The molecule has 0 unspecified atom stereocenters. The third-order valence-electron chi connectivity index (χ3n) is 3.71.